The zero-order valence-corrected chi connectivity index (χ0v) is 20.2. The third kappa shape index (κ3) is 5.17. The topological polar surface area (TPSA) is 80.5 Å². The molecule has 4 rings (SSSR count). The predicted octanol–water partition coefficient (Wildman–Crippen LogP) is 5.66. The van der Waals surface area contributed by atoms with Crippen molar-refractivity contribution in [3.05, 3.63) is 71.6 Å². The molecule has 0 unspecified atom stereocenters. The van der Waals surface area contributed by atoms with Gasteiger partial charge in [0.05, 0.1) is 33.7 Å². The number of amides is 1. The normalized spacial score (nSPS) is 11.7. The van der Waals surface area contributed by atoms with E-state index in [9.17, 15) is 13.2 Å². The van der Waals surface area contributed by atoms with Gasteiger partial charge in [-0.15, -0.1) is 11.8 Å². The predicted molar refractivity (Wildman–Crippen MR) is 129 cm³/mol. The molecule has 2 aromatic carbocycles. The van der Waals surface area contributed by atoms with Gasteiger partial charge in [-0.25, -0.2) is 13.4 Å². The first-order chi connectivity index (χ1) is 15.4. The molecule has 2 heterocycles. The Hall–Kier alpha value is -2.33. The van der Waals surface area contributed by atoms with Crippen LogP contribution in [0.5, 0.6) is 0 Å². The third-order valence-electron chi connectivity index (χ3n) is 4.77. The van der Waals surface area contributed by atoms with E-state index in [1.54, 1.807) is 23.9 Å². The van der Waals surface area contributed by atoms with Gasteiger partial charge in [-0.05, 0) is 60.9 Å². The number of rotatable bonds is 8. The van der Waals surface area contributed by atoms with Crippen LogP contribution in [-0.2, 0) is 21.2 Å². The summed E-state index contributed by atoms with van der Waals surface area (Å²) in [6.07, 6.45) is 3.35. The number of fused-ring (bicyclic) bond motifs is 1. The molecule has 0 aliphatic carbocycles. The highest BCUT2D eigenvalue weighted by Crippen LogP contribution is 2.33. The Labute approximate surface area is 199 Å². The van der Waals surface area contributed by atoms with Crippen LogP contribution in [0.2, 0.25) is 5.02 Å². The number of carbonyl (C=O) groups is 1. The fourth-order valence-electron chi connectivity index (χ4n) is 3.07. The van der Waals surface area contributed by atoms with E-state index in [0.29, 0.717) is 15.9 Å². The maximum Gasteiger partial charge on any atom is 0.230 e. The summed E-state index contributed by atoms with van der Waals surface area (Å²) in [4.78, 5) is 20.5. The fourth-order valence-corrected chi connectivity index (χ4v) is 5.96. The van der Waals surface area contributed by atoms with Crippen molar-refractivity contribution >= 4 is 65.8 Å². The second kappa shape index (κ2) is 9.66. The molecule has 0 spiro atoms. The van der Waals surface area contributed by atoms with Gasteiger partial charge >= 0.3 is 0 Å². The minimum absolute atomic E-state index is 0.136. The lowest BCUT2D eigenvalue weighted by atomic mass is 10.3. The highest BCUT2D eigenvalue weighted by atomic mass is 35.5. The van der Waals surface area contributed by atoms with Crippen LogP contribution in [0.3, 0.4) is 0 Å². The van der Waals surface area contributed by atoms with E-state index in [0.717, 1.165) is 15.1 Å². The molecule has 0 aliphatic heterocycles. The number of halogens is 1. The number of furan rings is 1. The summed E-state index contributed by atoms with van der Waals surface area (Å²) in [6, 6.07) is 15.4. The van der Waals surface area contributed by atoms with Crippen molar-refractivity contribution in [3.63, 3.8) is 0 Å². The van der Waals surface area contributed by atoms with Gasteiger partial charge in [0.15, 0.2) is 15.0 Å². The van der Waals surface area contributed by atoms with Gasteiger partial charge in [-0.1, -0.05) is 22.9 Å². The summed E-state index contributed by atoms with van der Waals surface area (Å²) in [5, 5.41) is 0.952. The Kier molecular flexibility index (Phi) is 6.90. The highest BCUT2D eigenvalue weighted by molar-refractivity contribution is 7.98. The smallest absolute Gasteiger partial charge is 0.230 e. The molecular weight excluding hydrogens is 488 g/mol. The van der Waals surface area contributed by atoms with Gasteiger partial charge in [0, 0.05) is 16.3 Å². The number of hydrogen-bond acceptors (Lipinski definition) is 7. The maximum absolute atomic E-state index is 13.2. The van der Waals surface area contributed by atoms with Gasteiger partial charge in [-0.3, -0.25) is 9.69 Å². The van der Waals surface area contributed by atoms with Crippen LogP contribution in [0.1, 0.15) is 12.2 Å². The quantitative estimate of drug-likeness (QED) is 0.287. The Bertz CT molecular complexity index is 1330. The van der Waals surface area contributed by atoms with Crippen molar-refractivity contribution in [2.75, 3.05) is 16.9 Å². The molecule has 0 saturated carbocycles. The first kappa shape index (κ1) is 22.8. The summed E-state index contributed by atoms with van der Waals surface area (Å²) in [5.74, 6) is -0.0741. The van der Waals surface area contributed by atoms with Crippen LogP contribution in [0.15, 0.2) is 75.1 Å². The molecule has 2 aromatic heterocycles. The Morgan fingerprint density at radius 1 is 1.19 bits per heavy atom. The van der Waals surface area contributed by atoms with Gasteiger partial charge in [0.2, 0.25) is 5.91 Å². The molecule has 0 bridgehead atoms. The van der Waals surface area contributed by atoms with E-state index in [1.165, 1.54) is 46.8 Å². The molecule has 0 atom stereocenters. The van der Waals surface area contributed by atoms with Crippen LogP contribution in [0, 0.1) is 0 Å². The van der Waals surface area contributed by atoms with E-state index < -0.39 is 9.84 Å². The Morgan fingerprint density at radius 3 is 2.66 bits per heavy atom. The van der Waals surface area contributed by atoms with Crippen LogP contribution < -0.4 is 4.90 Å². The lowest BCUT2D eigenvalue weighted by Gasteiger charge is -2.18. The van der Waals surface area contributed by atoms with E-state index in [2.05, 4.69) is 4.98 Å². The number of sulfone groups is 1. The number of hydrogen-bond donors (Lipinski definition) is 0. The zero-order chi connectivity index (χ0) is 22.7. The number of nitrogens with zero attached hydrogens (tertiary/aromatic N) is 2. The molecular formula is C22H19ClN2O4S3. The minimum Gasteiger partial charge on any atom is -0.467 e. The molecule has 10 heteroatoms. The monoisotopic (exact) mass is 506 g/mol. The first-order valence-electron chi connectivity index (χ1n) is 9.61. The van der Waals surface area contributed by atoms with Gasteiger partial charge in [-0.2, -0.15) is 0 Å². The Balaban J connectivity index is 1.58. The number of thioether (sulfide) groups is 1. The van der Waals surface area contributed by atoms with Crippen LogP contribution in [0.4, 0.5) is 5.13 Å². The first-order valence-corrected chi connectivity index (χ1v) is 13.7. The summed E-state index contributed by atoms with van der Waals surface area (Å²) < 4.78 is 31.8. The molecule has 0 saturated heterocycles. The van der Waals surface area contributed by atoms with Gasteiger partial charge in [0.25, 0.3) is 0 Å². The summed E-state index contributed by atoms with van der Waals surface area (Å²) in [6.45, 7) is 0.169. The van der Waals surface area contributed by atoms with Crippen molar-refractivity contribution in [1.29, 1.82) is 0 Å². The van der Waals surface area contributed by atoms with Gasteiger partial charge < -0.3 is 4.42 Å². The number of aromatic nitrogens is 1. The summed E-state index contributed by atoms with van der Waals surface area (Å²) >= 11 is 8.87. The maximum atomic E-state index is 13.2. The lowest BCUT2D eigenvalue weighted by Crippen LogP contribution is -2.31. The molecule has 0 radical (unpaired) electrons. The second-order valence-electron chi connectivity index (χ2n) is 6.91. The SMILES string of the molecule is CSc1ccc2nc(N(Cc3ccco3)C(=O)CCS(=O)(=O)c3ccc(Cl)cc3)sc2c1. The largest absolute Gasteiger partial charge is 0.467 e. The zero-order valence-electron chi connectivity index (χ0n) is 17.0. The molecule has 32 heavy (non-hydrogen) atoms. The second-order valence-corrected chi connectivity index (χ2v) is 11.3. The number of benzene rings is 2. The van der Waals surface area contributed by atoms with Crippen molar-refractivity contribution in [2.24, 2.45) is 0 Å². The molecule has 1 amide bonds. The molecule has 6 nitrogen and oxygen atoms in total. The standard InChI is InChI=1S/C22H19ClN2O4S3/c1-30-17-6-9-19-20(13-17)31-22(24-19)25(14-16-3-2-11-29-16)21(26)10-12-32(27,28)18-7-4-15(23)5-8-18/h2-9,11,13H,10,12,14H2,1H3. The van der Waals surface area contributed by atoms with E-state index >= 15 is 0 Å². The summed E-state index contributed by atoms with van der Waals surface area (Å²) in [5.41, 5.74) is 0.786. The van der Waals surface area contributed by atoms with E-state index in [4.69, 9.17) is 16.0 Å². The van der Waals surface area contributed by atoms with Gasteiger partial charge in [0.1, 0.15) is 5.76 Å². The van der Waals surface area contributed by atoms with Crippen LogP contribution in [0.25, 0.3) is 10.2 Å². The fraction of sp³-hybridized carbons (Fsp3) is 0.182. The highest BCUT2D eigenvalue weighted by Gasteiger charge is 2.24. The van der Waals surface area contributed by atoms with Crippen LogP contribution in [-0.4, -0.2) is 31.3 Å². The molecule has 166 valence electrons. The van der Waals surface area contributed by atoms with Crippen molar-refractivity contribution in [3.8, 4) is 0 Å². The molecule has 0 N–H and O–H groups in total. The number of thiazole rings is 1. The molecule has 0 fully saturated rings. The summed E-state index contributed by atoms with van der Waals surface area (Å²) in [7, 11) is -3.63. The van der Waals surface area contributed by atoms with Crippen molar-refractivity contribution < 1.29 is 17.6 Å². The molecule has 4 aromatic rings. The van der Waals surface area contributed by atoms with Crippen molar-refractivity contribution in [2.45, 2.75) is 22.8 Å². The number of carbonyl (C=O) groups excluding carboxylic acids is 1. The Morgan fingerprint density at radius 2 is 1.97 bits per heavy atom. The van der Waals surface area contributed by atoms with Crippen molar-refractivity contribution in [1.82, 2.24) is 4.98 Å². The molecule has 0 aliphatic rings. The van der Waals surface area contributed by atoms with E-state index in [-0.39, 0.29) is 29.5 Å². The number of anilines is 1. The lowest BCUT2D eigenvalue weighted by molar-refractivity contribution is -0.118. The average molecular weight is 507 g/mol. The van der Waals surface area contributed by atoms with Crippen LogP contribution >= 0.6 is 34.7 Å². The van der Waals surface area contributed by atoms with E-state index in [1.807, 2.05) is 24.5 Å². The minimum atomic E-state index is -3.63. The third-order valence-corrected chi connectivity index (χ3v) is 8.52. The average Bonchev–Trinajstić information content (AvgIpc) is 3.45.